The van der Waals surface area contributed by atoms with E-state index >= 15 is 0 Å². The second-order valence-corrected chi connectivity index (χ2v) is 5.75. The molecule has 0 aliphatic rings. The lowest BCUT2D eigenvalue weighted by Crippen LogP contribution is -2.24. The fraction of sp³-hybridized carbons (Fsp3) is 0.455. The molecule has 4 nitrogen and oxygen atoms in total. The second-order valence-electron chi connectivity index (χ2n) is 4.22. The summed E-state index contributed by atoms with van der Waals surface area (Å²) in [6.07, 6.45) is 0. The van der Waals surface area contributed by atoms with Crippen LogP contribution in [0.2, 0.25) is 0 Å². The Hall–Kier alpha value is -1.07. The lowest BCUT2D eigenvalue weighted by Gasteiger charge is -2.20. The molecule has 0 aliphatic carbocycles. The van der Waals surface area contributed by atoms with E-state index in [9.17, 15) is 8.42 Å². The van der Waals surface area contributed by atoms with Gasteiger partial charge in [0.05, 0.1) is 5.69 Å². The normalized spacial score (nSPS) is 13.8. The summed E-state index contributed by atoms with van der Waals surface area (Å²) in [4.78, 5) is 0.141. The van der Waals surface area contributed by atoms with Crippen molar-refractivity contribution in [3.63, 3.8) is 0 Å². The number of hydrogen-bond donors (Lipinski definition) is 2. The second kappa shape index (κ2) is 4.84. The molecule has 0 amide bonds. The summed E-state index contributed by atoms with van der Waals surface area (Å²) < 4.78 is 22.7. The van der Waals surface area contributed by atoms with E-state index in [0.29, 0.717) is 11.6 Å². The van der Waals surface area contributed by atoms with Crippen LogP contribution in [-0.2, 0) is 10.0 Å². The molecule has 0 heterocycles. The Morgan fingerprint density at radius 2 is 1.75 bits per heavy atom. The number of benzene rings is 1. The molecule has 0 saturated heterocycles. The Morgan fingerprint density at radius 1 is 1.19 bits per heavy atom. The Kier molecular flexibility index (Phi) is 3.93. The molecule has 0 unspecified atom stereocenters. The number of primary sulfonamides is 1. The van der Waals surface area contributed by atoms with E-state index in [0.717, 1.165) is 0 Å². The van der Waals surface area contributed by atoms with E-state index in [1.807, 2.05) is 6.92 Å². The number of nitrogens with two attached hydrogens (primary N) is 1. The SMILES string of the molecule is CC(C)[C@H](C)Nc1ccccc1S(N)(=O)=O. The van der Waals surface area contributed by atoms with Crippen LogP contribution in [0, 0.1) is 5.92 Å². The zero-order valence-corrected chi connectivity index (χ0v) is 10.6. The van der Waals surface area contributed by atoms with Crippen LogP contribution in [0.3, 0.4) is 0 Å². The number of rotatable bonds is 4. The summed E-state index contributed by atoms with van der Waals surface area (Å²) in [5, 5.41) is 8.30. The van der Waals surface area contributed by atoms with Gasteiger partial charge in [-0.15, -0.1) is 0 Å². The zero-order valence-electron chi connectivity index (χ0n) is 9.77. The van der Waals surface area contributed by atoms with Gasteiger partial charge in [-0.1, -0.05) is 26.0 Å². The van der Waals surface area contributed by atoms with Crippen molar-refractivity contribution in [3.05, 3.63) is 24.3 Å². The Balaban J connectivity index is 3.06. The lowest BCUT2D eigenvalue weighted by molar-refractivity contribution is 0.558. The first kappa shape index (κ1) is 13.0. The van der Waals surface area contributed by atoms with Crippen LogP contribution in [0.15, 0.2) is 29.2 Å². The van der Waals surface area contributed by atoms with Gasteiger partial charge in [-0.05, 0) is 25.0 Å². The highest BCUT2D eigenvalue weighted by atomic mass is 32.2. The maximum absolute atomic E-state index is 11.3. The molecule has 0 spiro atoms. The van der Waals surface area contributed by atoms with Gasteiger partial charge in [0.1, 0.15) is 4.90 Å². The third kappa shape index (κ3) is 3.21. The van der Waals surface area contributed by atoms with Crippen molar-refractivity contribution >= 4 is 15.7 Å². The van der Waals surface area contributed by atoms with E-state index in [1.165, 1.54) is 6.07 Å². The van der Waals surface area contributed by atoms with Gasteiger partial charge in [0.15, 0.2) is 0 Å². The van der Waals surface area contributed by atoms with Gasteiger partial charge < -0.3 is 5.32 Å². The third-order valence-corrected chi connectivity index (χ3v) is 3.55. The highest BCUT2D eigenvalue weighted by molar-refractivity contribution is 7.89. The molecular formula is C11H18N2O2S. The Labute approximate surface area is 96.9 Å². The minimum absolute atomic E-state index is 0.141. The average Bonchev–Trinajstić information content (AvgIpc) is 2.16. The molecule has 1 aromatic carbocycles. The summed E-state index contributed by atoms with van der Waals surface area (Å²) in [6, 6.07) is 6.85. The standard InChI is InChI=1S/C11H18N2O2S/c1-8(2)9(3)13-10-6-4-5-7-11(10)16(12,14)15/h4-9,13H,1-3H3,(H2,12,14,15)/t9-/m0/s1. The molecule has 3 N–H and O–H groups in total. The maximum atomic E-state index is 11.3. The lowest BCUT2D eigenvalue weighted by atomic mass is 10.1. The molecule has 1 aromatic rings. The summed E-state index contributed by atoms with van der Waals surface area (Å²) in [5.41, 5.74) is 0.561. The Morgan fingerprint density at radius 3 is 2.25 bits per heavy atom. The molecule has 0 bridgehead atoms. The van der Waals surface area contributed by atoms with E-state index in [1.54, 1.807) is 18.2 Å². The quantitative estimate of drug-likeness (QED) is 0.845. The summed E-state index contributed by atoms with van der Waals surface area (Å²) in [5.74, 6) is 0.411. The zero-order chi connectivity index (χ0) is 12.3. The van der Waals surface area contributed by atoms with Crippen LogP contribution in [0.25, 0.3) is 0 Å². The highest BCUT2D eigenvalue weighted by Gasteiger charge is 2.15. The molecule has 0 fully saturated rings. The molecule has 5 heteroatoms. The van der Waals surface area contributed by atoms with Crippen LogP contribution in [-0.4, -0.2) is 14.5 Å². The number of sulfonamides is 1. The van der Waals surface area contributed by atoms with Gasteiger partial charge in [0, 0.05) is 6.04 Å². The van der Waals surface area contributed by atoms with Gasteiger partial charge in [-0.25, -0.2) is 13.6 Å². The molecule has 0 saturated carbocycles. The summed E-state index contributed by atoms with van der Waals surface area (Å²) in [6.45, 7) is 6.14. The molecule has 1 rings (SSSR count). The number of nitrogens with one attached hydrogen (secondary N) is 1. The van der Waals surface area contributed by atoms with Gasteiger partial charge in [-0.2, -0.15) is 0 Å². The summed E-state index contributed by atoms with van der Waals surface area (Å²) >= 11 is 0. The largest absolute Gasteiger partial charge is 0.381 e. The predicted molar refractivity (Wildman–Crippen MR) is 65.7 cm³/mol. The van der Waals surface area contributed by atoms with Gasteiger partial charge in [-0.3, -0.25) is 0 Å². The van der Waals surface area contributed by atoms with E-state index in [-0.39, 0.29) is 10.9 Å². The Bertz CT molecular complexity index is 455. The van der Waals surface area contributed by atoms with Crippen molar-refractivity contribution in [1.29, 1.82) is 0 Å². The molecule has 90 valence electrons. The van der Waals surface area contributed by atoms with Crippen LogP contribution in [0.5, 0.6) is 0 Å². The van der Waals surface area contributed by atoms with Crippen molar-refractivity contribution in [2.45, 2.75) is 31.7 Å². The number of anilines is 1. The van der Waals surface area contributed by atoms with Crippen LogP contribution in [0.4, 0.5) is 5.69 Å². The fourth-order valence-corrected chi connectivity index (χ4v) is 1.95. The molecule has 0 aromatic heterocycles. The summed E-state index contributed by atoms with van der Waals surface area (Å²) in [7, 11) is -3.67. The smallest absolute Gasteiger partial charge is 0.240 e. The topological polar surface area (TPSA) is 72.2 Å². The van der Waals surface area contributed by atoms with Crippen LogP contribution >= 0.6 is 0 Å². The van der Waals surface area contributed by atoms with Gasteiger partial charge >= 0.3 is 0 Å². The molecule has 1 atom stereocenters. The van der Waals surface area contributed by atoms with Crippen LogP contribution < -0.4 is 10.5 Å². The van der Waals surface area contributed by atoms with Gasteiger partial charge in [0.2, 0.25) is 10.0 Å². The van der Waals surface area contributed by atoms with E-state index < -0.39 is 10.0 Å². The minimum Gasteiger partial charge on any atom is -0.381 e. The van der Waals surface area contributed by atoms with Crippen molar-refractivity contribution in [1.82, 2.24) is 0 Å². The monoisotopic (exact) mass is 242 g/mol. The molecular weight excluding hydrogens is 224 g/mol. The van der Waals surface area contributed by atoms with E-state index in [2.05, 4.69) is 19.2 Å². The minimum atomic E-state index is -3.67. The first-order valence-corrected chi connectivity index (χ1v) is 6.75. The maximum Gasteiger partial charge on any atom is 0.240 e. The molecule has 0 aliphatic heterocycles. The molecule has 16 heavy (non-hydrogen) atoms. The fourth-order valence-electron chi connectivity index (χ4n) is 1.25. The number of para-hydroxylation sites is 1. The first-order valence-electron chi connectivity index (χ1n) is 5.20. The first-order chi connectivity index (χ1) is 7.32. The van der Waals surface area contributed by atoms with Crippen molar-refractivity contribution < 1.29 is 8.42 Å². The number of hydrogen-bond acceptors (Lipinski definition) is 3. The molecule has 0 radical (unpaired) electrons. The average molecular weight is 242 g/mol. The van der Waals surface area contributed by atoms with E-state index in [4.69, 9.17) is 5.14 Å². The van der Waals surface area contributed by atoms with Crippen molar-refractivity contribution in [3.8, 4) is 0 Å². The predicted octanol–water partition coefficient (Wildman–Crippen LogP) is 1.79. The van der Waals surface area contributed by atoms with Crippen LogP contribution in [0.1, 0.15) is 20.8 Å². The highest BCUT2D eigenvalue weighted by Crippen LogP contribution is 2.21. The van der Waals surface area contributed by atoms with Crippen molar-refractivity contribution in [2.24, 2.45) is 11.1 Å². The van der Waals surface area contributed by atoms with Crippen molar-refractivity contribution in [2.75, 3.05) is 5.32 Å². The van der Waals surface area contributed by atoms with Gasteiger partial charge in [0.25, 0.3) is 0 Å². The third-order valence-electron chi connectivity index (χ3n) is 2.58.